The number of aromatic nitrogens is 1. The van der Waals surface area contributed by atoms with Crippen LogP contribution in [0.15, 0.2) is 6.20 Å². The number of esters is 1. The van der Waals surface area contributed by atoms with E-state index in [2.05, 4.69) is 21.7 Å². The maximum Gasteiger partial charge on any atom is 0.349 e. The van der Waals surface area contributed by atoms with Gasteiger partial charge in [-0.2, -0.15) is 0 Å². The molecule has 0 spiro atoms. The van der Waals surface area contributed by atoms with Crippen molar-refractivity contribution < 1.29 is 9.53 Å². The van der Waals surface area contributed by atoms with Crippen molar-refractivity contribution >= 4 is 22.4 Å². The Kier molecular flexibility index (Phi) is 4.76. The molecule has 1 aromatic rings. The van der Waals surface area contributed by atoms with Crippen molar-refractivity contribution in [3.8, 4) is 0 Å². The predicted molar refractivity (Wildman–Crippen MR) is 77.0 cm³/mol. The van der Waals surface area contributed by atoms with Gasteiger partial charge in [0, 0.05) is 19.6 Å². The lowest BCUT2D eigenvalue weighted by Crippen LogP contribution is -2.38. The van der Waals surface area contributed by atoms with Crippen molar-refractivity contribution in [3.63, 3.8) is 0 Å². The van der Waals surface area contributed by atoms with E-state index >= 15 is 0 Å². The Bertz CT molecular complexity index is 435. The second kappa shape index (κ2) is 6.34. The van der Waals surface area contributed by atoms with Gasteiger partial charge in [0.15, 0.2) is 5.13 Å². The summed E-state index contributed by atoms with van der Waals surface area (Å²) in [5, 5.41) is 0.878. The molecule has 0 N–H and O–H groups in total. The van der Waals surface area contributed by atoms with Crippen LogP contribution in [-0.4, -0.2) is 55.7 Å². The molecule has 0 bridgehead atoms. The highest BCUT2D eigenvalue weighted by Gasteiger charge is 2.25. The number of hydrogen-bond donors (Lipinski definition) is 0. The first kappa shape index (κ1) is 14.3. The molecule has 0 radical (unpaired) electrons. The lowest BCUT2D eigenvalue weighted by Gasteiger charge is -2.27. The Balaban J connectivity index is 1.97. The number of ether oxygens (including phenoxy) is 1. The molecule has 0 aliphatic carbocycles. The zero-order chi connectivity index (χ0) is 13.8. The third-order valence-corrected chi connectivity index (χ3v) is 4.69. The Labute approximate surface area is 118 Å². The first-order valence-corrected chi connectivity index (χ1v) is 7.46. The molecule has 1 aromatic heterocycles. The van der Waals surface area contributed by atoms with Gasteiger partial charge < -0.3 is 9.64 Å². The largest absolute Gasteiger partial charge is 0.465 e. The van der Waals surface area contributed by atoms with Crippen molar-refractivity contribution in [2.45, 2.75) is 25.8 Å². The summed E-state index contributed by atoms with van der Waals surface area (Å²) in [6.07, 6.45) is 4.11. The maximum absolute atomic E-state index is 11.4. The average Bonchev–Trinajstić information content (AvgIpc) is 3.06. The van der Waals surface area contributed by atoms with Gasteiger partial charge in [0.25, 0.3) is 0 Å². The SMILES string of the molecule is CCN1CCCC1CN(C)c1ncc(C(=O)OC)s1. The Morgan fingerprint density at radius 1 is 1.68 bits per heavy atom. The number of likely N-dealkylation sites (N-methyl/N-ethyl adjacent to an activating group) is 2. The molecule has 0 aromatic carbocycles. The van der Waals surface area contributed by atoms with Gasteiger partial charge in [-0.15, -0.1) is 0 Å². The quantitative estimate of drug-likeness (QED) is 0.772. The zero-order valence-corrected chi connectivity index (χ0v) is 12.6. The van der Waals surface area contributed by atoms with E-state index in [0.29, 0.717) is 10.9 Å². The third kappa shape index (κ3) is 3.25. The smallest absolute Gasteiger partial charge is 0.349 e. The van der Waals surface area contributed by atoms with E-state index in [1.165, 1.54) is 37.8 Å². The molecule has 1 atom stereocenters. The monoisotopic (exact) mass is 283 g/mol. The van der Waals surface area contributed by atoms with E-state index < -0.39 is 0 Å². The van der Waals surface area contributed by atoms with Crippen LogP contribution in [0.1, 0.15) is 29.4 Å². The molecule has 2 rings (SSSR count). The van der Waals surface area contributed by atoms with Crippen LogP contribution in [0.2, 0.25) is 0 Å². The molecule has 1 aliphatic rings. The number of carbonyl (C=O) groups excluding carboxylic acids is 1. The molecular formula is C13H21N3O2S. The maximum atomic E-state index is 11.4. The summed E-state index contributed by atoms with van der Waals surface area (Å²) in [5.41, 5.74) is 0. The standard InChI is InChI=1S/C13H21N3O2S/c1-4-16-7-5-6-10(16)9-15(2)13-14-8-11(19-13)12(17)18-3/h8,10H,4-7,9H2,1-3H3. The molecule has 19 heavy (non-hydrogen) atoms. The van der Waals surface area contributed by atoms with Gasteiger partial charge in [-0.05, 0) is 25.9 Å². The minimum Gasteiger partial charge on any atom is -0.465 e. The van der Waals surface area contributed by atoms with Crippen LogP contribution in [0.4, 0.5) is 5.13 Å². The highest BCUT2D eigenvalue weighted by atomic mass is 32.1. The fourth-order valence-corrected chi connectivity index (χ4v) is 3.35. The second-order valence-corrected chi connectivity index (χ2v) is 5.81. The van der Waals surface area contributed by atoms with Gasteiger partial charge >= 0.3 is 5.97 Å². The van der Waals surface area contributed by atoms with E-state index in [4.69, 9.17) is 4.74 Å². The summed E-state index contributed by atoms with van der Waals surface area (Å²) in [4.78, 5) is 20.9. The first-order chi connectivity index (χ1) is 9.15. The van der Waals surface area contributed by atoms with E-state index in [-0.39, 0.29) is 5.97 Å². The highest BCUT2D eigenvalue weighted by Crippen LogP contribution is 2.24. The molecule has 1 unspecified atom stereocenters. The van der Waals surface area contributed by atoms with Crippen LogP contribution in [0.25, 0.3) is 0 Å². The lowest BCUT2D eigenvalue weighted by molar-refractivity contribution is 0.0606. The molecule has 0 amide bonds. The van der Waals surface area contributed by atoms with Gasteiger partial charge in [0.2, 0.25) is 0 Å². The van der Waals surface area contributed by atoms with Gasteiger partial charge in [0.05, 0.1) is 13.3 Å². The van der Waals surface area contributed by atoms with Gasteiger partial charge in [-0.25, -0.2) is 9.78 Å². The van der Waals surface area contributed by atoms with Crippen LogP contribution in [0.3, 0.4) is 0 Å². The summed E-state index contributed by atoms with van der Waals surface area (Å²) in [7, 11) is 3.43. The number of nitrogens with zero attached hydrogens (tertiary/aromatic N) is 3. The van der Waals surface area contributed by atoms with Crippen LogP contribution < -0.4 is 4.90 Å². The highest BCUT2D eigenvalue weighted by molar-refractivity contribution is 7.17. The molecule has 5 nitrogen and oxygen atoms in total. The first-order valence-electron chi connectivity index (χ1n) is 6.65. The molecule has 2 heterocycles. The zero-order valence-electron chi connectivity index (χ0n) is 11.8. The number of anilines is 1. The Morgan fingerprint density at radius 2 is 2.47 bits per heavy atom. The summed E-state index contributed by atoms with van der Waals surface area (Å²) in [6.45, 7) is 5.46. The van der Waals surface area contributed by atoms with Crippen molar-refractivity contribution in [1.82, 2.24) is 9.88 Å². The van der Waals surface area contributed by atoms with E-state index in [1.807, 2.05) is 7.05 Å². The molecule has 1 aliphatic heterocycles. The molecule has 1 fully saturated rings. The number of likely N-dealkylation sites (tertiary alicyclic amines) is 1. The number of hydrogen-bond acceptors (Lipinski definition) is 6. The minimum atomic E-state index is -0.312. The molecule has 1 saturated heterocycles. The van der Waals surface area contributed by atoms with E-state index in [1.54, 1.807) is 6.20 Å². The van der Waals surface area contributed by atoms with Crippen LogP contribution in [0, 0.1) is 0 Å². The topological polar surface area (TPSA) is 45.7 Å². The normalized spacial score (nSPS) is 19.6. The summed E-state index contributed by atoms with van der Waals surface area (Å²) in [6, 6.07) is 0.598. The van der Waals surface area contributed by atoms with Gasteiger partial charge in [-0.3, -0.25) is 4.90 Å². The van der Waals surface area contributed by atoms with E-state index in [9.17, 15) is 4.79 Å². The number of rotatable bonds is 5. The van der Waals surface area contributed by atoms with Gasteiger partial charge in [-0.1, -0.05) is 18.3 Å². The average molecular weight is 283 g/mol. The van der Waals surface area contributed by atoms with Crippen molar-refractivity contribution in [2.75, 3.05) is 38.7 Å². The summed E-state index contributed by atoms with van der Waals surface area (Å²) < 4.78 is 4.70. The Hall–Kier alpha value is -1.14. The molecule has 6 heteroatoms. The predicted octanol–water partition coefficient (Wildman–Crippen LogP) is 1.85. The minimum absolute atomic E-state index is 0.312. The third-order valence-electron chi connectivity index (χ3n) is 3.60. The molecule has 0 saturated carbocycles. The van der Waals surface area contributed by atoms with Gasteiger partial charge in [0.1, 0.15) is 4.88 Å². The number of thiazole rings is 1. The van der Waals surface area contributed by atoms with E-state index in [0.717, 1.165) is 18.2 Å². The fraction of sp³-hybridized carbons (Fsp3) is 0.692. The van der Waals surface area contributed by atoms with Crippen molar-refractivity contribution in [2.24, 2.45) is 0 Å². The Morgan fingerprint density at radius 3 is 3.16 bits per heavy atom. The van der Waals surface area contributed by atoms with Crippen molar-refractivity contribution in [1.29, 1.82) is 0 Å². The van der Waals surface area contributed by atoms with Crippen LogP contribution in [-0.2, 0) is 4.74 Å². The lowest BCUT2D eigenvalue weighted by atomic mass is 10.2. The van der Waals surface area contributed by atoms with Crippen LogP contribution >= 0.6 is 11.3 Å². The molecular weight excluding hydrogens is 262 g/mol. The number of methoxy groups -OCH3 is 1. The number of carbonyl (C=O) groups is 1. The van der Waals surface area contributed by atoms with Crippen LogP contribution in [0.5, 0.6) is 0 Å². The summed E-state index contributed by atoms with van der Waals surface area (Å²) in [5.74, 6) is -0.312. The molecule has 106 valence electrons. The fourth-order valence-electron chi connectivity index (χ4n) is 2.55. The summed E-state index contributed by atoms with van der Waals surface area (Å²) >= 11 is 1.39. The van der Waals surface area contributed by atoms with Crippen molar-refractivity contribution in [3.05, 3.63) is 11.1 Å². The second-order valence-electron chi connectivity index (χ2n) is 4.80.